The van der Waals surface area contributed by atoms with Crippen LogP contribution in [0.3, 0.4) is 0 Å². The predicted molar refractivity (Wildman–Crippen MR) is 83.9 cm³/mol. The Balaban J connectivity index is 2.02. The Kier molecular flexibility index (Phi) is 5.51. The fourth-order valence-electron chi connectivity index (χ4n) is 2.10. The highest BCUT2D eigenvalue weighted by Gasteiger charge is 2.23. The van der Waals surface area contributed by atoms with Crippen LogP contribution in [-0.2, 0) is 4.79 Å². The molecule has 1 aromatic rings. The number of aryl methyl sites for hydroxylation is 1. The molecule has 2 rings (SSSR count). The zero-order valence-corrected chi connectivity index (χ0v) is 12.4. The van der Waals surface area contributed by atoms with Crippen molar-refractivity contribution in [1.29, 1.82) is 0 Å². The normalized spacial score (nSPS) is 17.4. The third kappa shape index (κ3) is 4.03. The van der Waals surface area contributed by atoms with Crippen molar-refractivity contribution in [2.45, 2.75) is 31.4 Å². The number of thioether (sulfide) groups is 1. The molecule has 1 saturated heterocycles. The van der Waals surface area contributed by atoms with Crippen LogP contribution >= 0.6 is 11.8 Å². The van der Waals surface area contributed by atoms with Gasteiger partial charge in [-0.05, 0) is 49.3 Å². The lowest BCUT2D eigenvalue weighted by Gasteiger charge is -2.12. The molecule has 0 radical (unpaired) electrons. The first kappa shape index (κ1) is 15.0. The van der Waals surface area contributed by atoms with Gasteiger partial charge in [0, 0.05) is 17.7 Å². The molecule has 106 valence electrons. The first-order valence-corrected chi connectivity index (χ1v) is 7.88. The number of carbonyl (C=O) groups excluding carboxylic acids is 1. The maximum Gasteiger partial charge on any atom is 0.237 e. The molecule has 1 fully saturated rings. The number of hydrogen-bond donors (Lipinski definition) is 2. The number of aliphatic hydroxyl groups excluding tert-OH is 1. The minimum Gasteiger partial charge on any atom is -0.395 e. The van der Waals surface area contributed by atoms with Crippen molar-refractivity contribution in [2.75, 3.05) is 17.7 Å². The van der Waals surface area contributed by atoms with E-state index in [1.165, 1.54) is 0 Å². The molecule has 3 nitrogen and oxygen atoms in total. The molecule has 1 aliphatic rings. The summed E-state index contributed by atoms with van der Waals surface area (Å²) in [5.41, 5.74) is 2.77. The first-order valence-electron chi connectivity index (χ1n) is 6.83. The monoisotopic (exact) mass is 289 g/mol. The van der Waals surface area contributed by atoms with Gasteiger partial charge in [-0.15, -0.1) is 11.8 Å². The van der Waals surface area contributed by atoms with Gasteiger partial charge < -0.3 is 10.4 Å². The van der Waals surface area contributed by atoms with E-state index in [-0.39, 0.29) is 17.8 Å². The molecule has 0 bridgehead atoms. The van der Waals surface area contributed by atoms with Crippen molar-refractivity contribution < 1.29 is 9.90 Å². The molecule has 0 spiro atoms. The van der Waals surface area contributed by atoms with Gasteiger partial charge in [0.05, 0.1) is 11.9 Å². The van der Waals surface area contributed by atoms with Crippen molar-refractivity contribution in [1.82, 2.24) is 0 Å². The number of anilines is 1. The Morgan fingerprint density at radius 3 is 3.05 bits per heavy atom. The van der Waals surface area contributed by atoms with Crippen molar-refractivity contribution >= 4 is 23.4 Å². The Bertz CT molecular complexity index is 539. The second-order valence-electron chi connectivity index (χ2n) is 4.80. The summed E-state index contributed by atoms with van der Waals surface area (Å²) in [7, 11) is 0. The standard InChI is InChI=1S/C16H19NO2S/c1-12-11-13(5-2-3-9-18)7-8-14(12)17-16(19)15-6-4-10-20-15/h7-8,11,15,18H,3-4,6,9-10H2,1H3,(H,17,19). The van der Waals surface area contributed by atoms with Gasteiger partial charge in [0.15, 0.2) is 0 Å². The number of carbonyl (C=O) groups is 1. The second kappa shape index (κ2) is 7.37. The number of rotatable bonds is 3. The number of hydrogen-bond acceptors (Lipinski definition) is 3. The Labute approximate surface area is 124 Å². The summed E-state index contributed by atoms with van der Waals surface area (Å²) < 4.78 is 0. The molecule has 1 aliphatic heterocycles. The average Bonchev–Trinajstić information content (AvgIpc) is 2.96. The zero-order valence-electron chi connectivity index (χ0n) is 11.6. The summed E-state index contributed by atoms with van der Waals surface area (Å²) in [5, 5.41) is 11.8. The predicted octanol–water partition coefficient (Wildman–Crippen LogP) is 2.56. The fraction of sp³-hybridized carbons (Fsp3) is 0.438. The van der Waals surface area contributed by atoms with Crippen LogP contribution in [0.2, 0.25) is 0 Å². The van der Waals surface area contributed by atoms with Gasteiger partial charge in [-0.1, -0.05) is 11.8 Å². The first-order chi connectivity index (χ1) is 9.70. The van der Waals surface area contributed by atoms with Crippen molar-refractivity contribution in [3.63, 3.8) is 0 Å². The fourth-order valence-corrected chi connectivity index (χ4v) is 3.26. The van der Waals surface area contributed by atoms with Crippen LogP contribution in [0.5, 0.6) is 0 Å². The highest BCUT2D eigenvalue weighted by atomic mass is 32.2. The third-order valence-electron chi connectivity index (χ3n) is 3.18. The highest BCUT2D eigenvalue weighted by Crippen LogP contribution is 2.27. The molecular formula is C16H19NO2S. The maximum atomic E-state index is 12.1. The van der Waals surface area contributed by atoms with E-state index in [2.05, 4.69) is 17.2 Å². The summed E-state index contributed by atoms with van der Waals surface area (Å²) in [6.45, 7) is 2.05. The van der Waals surface area contributed by atoms with Gasteiger partial charge >= 0.3 is 0 Å². The minimum absolute atomic E-state index is 0.0825. The number of nitrogens with one attached hydrogen (secondary N) is 1. The summed E-state index contributed by atoms with van der Waals surface area (Å²) in [5.74, 6) is 7.07. The van der Waals surface area contributed by atoms with Crippen LogP contribution in [0.25, 0.3) is 0 Å². The molecule has 1 amide bonds. The molecule has 20 heavy (non-hydrogen) atoms. The average molecular weight is 289 g/mol. The van der Waals surface area contributed by atoms with E-state index in [0.717, 1.165) is 35.4 Å². The van der Waals surface area contributed by atoms with Crippen LogP contribution in [-0.4, -0.2) is 28.6 Å². The molecule has 0 saturated carbocycles. The van der Waals surface area contributed by atoms with Crippen molar-refractivity contribution in [3.8, 4) is 11.8 Å². The Morgan fingerprint density at radius 2 is 2.40 bits per heavy atom. The number of benzene rings is 1. The van der Waals surface area contributed by atoms with Crippen LogP contribution in [0.4, 0.5) is 5.69 Å². The molecule has 0 aromatic heterocycles. The topological polar surface area (TPSA) is 49.3 Å². The van der Waals surface area contributed by atoms with E-state index in [9.17, 15) is 4.79 Å². The van der Waals surface area contributed by atoms with E-state index < -0.39 is 0 Å². The van der Waals surface area contributed by atoms with E-state index in [0.29, 0.717) is 6.42 Å². The van der Waals surface area contributed by atoms with Gasteiger partial charge in [-0.25, -0.2) is 0 Å². The lowest BCUT2D eigenvalue weighted by atomic mass is 10.1. The molecule has 1 atom stereocenters. The van der Waals surface area contributed by atoms with Gasteiger partial charge in [0.25, 0.3) is 0 Å². The van der Waals surface area contributed by atoms with E-state index in [1.54, 1.807) is 11.8 Å². The quantitative estimate of drug-likeness (QED) is 0.841. The van der Waals surface area contributed by atoms with Crippen molar-refractivity contribution in [2.24, 2.45) is 0 Å². The number of aliphatic hydroxyl groups is 1. The van der Waals surface area contributed by atoms with Gasteiger partial charge in [0.2, 0.25) is 5.91 Å². The Morgan fingerprint density at radius 1 is 1.55 bits per heavy atom. The third-order valence-corrected chi connectivity index (χ3v) is 4.55. The van der Waals surface area contributed by atoms with E-state index in [1.807, 2.05) is 25.1 Å². The van der Waals surface area contributed by atoms with Crippen molar-refractivity contribution in [3.05, 3.63) is 29.3 Å². The van der Waals surface area contributed by atoms with Gasteiger partial charge in [0.1, 0.15) is 0 Å². The maximum absolute atomic E-state index is 12.1. The Hall–Kier alpha value is -1.44. The molecule has 1 unspecified atom stereocenters. The minimum atomic E-state index is 0.0825. The molecule has 1 aromatic carbocycles. The molecule has 0 aliphatic carbocycles. The molecule has 1 heterocycles. The summed E-state index contributed by atoms with van der Waals surface area (Å²) >= 11 is 1.73. The van der Waals surface area contributed by atoms with E-state index >= 15 is 0 Å². The van der Waals surface area contributed by atoms with Crippen LogP contribution in [0.1, 0.15) is 30.4 Å². The zero-order chi connectivity index (χ0) is 14.4. The summed E-state index contributed by atoms with van der Waals surface area (Å²) in [6, 6.07) is 5.76. The van der Waals surface area contributed by atoms with E-state index in [4.69, 9.17) is 5.11 Å². The van der Waals surface area contributed by atoms with Crippen LogP contribution < -0.4 is 5.32 Å². The van der Waals surface area contributed by atoms with Crippen LogP contribution in [0.15, 0.2) is 18.2 Å². The summed E-state index contributed by atoms with van der Waals surface area (Å²) in [4.78, 5) is 12.1. The smallest absolute Gasteiger partial charge is 0.237 e. The SMILES string of the molecule is Cc1cc(C#CCCO)ccc1NC(=O)C1CCCS1. The molecule has 4 heteroatoms. The molecular weight excluding hydrogens is 270 g/mol. The lowest BCUT2D eigenvalue weighted by molar-refractivity contribution is -0.115. The highest BCUT2D eigenvalue weighted by molar-refractivity contribution is 8.00. The van der Waals surface area contributed by atoms with Gasteiger partial charge in [-0.2, -0.15) is 0 Å². The second-order valence-corrected chi connectivity index (χ2v) is 6.11. The van der Waals surface area contributed by atoms with Crippen LogP contribution in [0, 0.1) is 18.8 Å². The molecule has 2 N–H and O–H groups in total. The summed E-state index contributed by atoms with van der Waals surface area (Å²) in [6.07, 6.45) is 2.58. The number of amides is 1. The largest absolute Gasteiger partial charge is 0.395 e. The van der Waals surface area contributed by atoms with Gasteiger partial charge in [-0.3, -0.25) is 4.79 Å². The lowest BCUT2D eigenvalue weighted by Crippen LogP contribution is -2.23.